The van der Waals surface area contributed by atoms with Gasteiger partial charge in [-0.3, -0.25) is 34.0 Å². The van der Waals surface area contributed by atoms with Crippen LogP contribution in [0.2, 0.25) is 0 Å². The number of nitro benzene ring substituents is 1. The number of imide groups is 1. The van der Waals surface area contributed by atoms with Crippen molar-refractivity contribution in [2.45, 2.75) is 74.8 Å². The van der Waals surface area contributed by atoms with E-state index in [1.54, 1.807) is 13.8 Å². The number of nitrogens with zero attached hydrogens (tertiary/aromatic N) is 2. The maximum atomic E-state index is 12.9. The molecule has 0 saturated carbocycles. The summed E-state index contributed by atoms with van der Waals surface area (Å²) < 4.78 is 36.5. The third-order valence-corrected chi connectivity index (χ3v) is 7.26. The minimum Gasteiger partial charge on any atom is -0.419 e. The molecule has 1 N–H and O–H groups in total. The van der Waals surface area contributed by atoms with E-state index in [2.05, 4.69) is 0 Å². The highest BCUT2D eigenvalue weighted by molar-refractivity contribution is 8.01. The van der Waals surface area contributed by atoms with Crippen LogP contribution in [-0.2, 0) is 24.5 Å². The smallest absolute Gasteiger partial charge is 0.314 e. The molecule has 2 rings (SSSR count). The number of hydrogen-bond donors (Lipinski definition) is 1. The van der Waals surface area contributed by atoms with E-state index < -0.39 is 54.0 Å². The van der Waals surface area contributed by atoms with Crippen molar-refractivity contribution in [2.24, 2.45) is 5.92 Å². The Morgan fingerprint density at radius 1 is 1.29 bits per heavy atom. The van der Waals surface area contributed by atoms with Crippen molar-refractivity contribution in [1.82, 2.24) is 4.90 Å². The molecule has 2 amide bonds. The highest BCUT2D eigenvalue weighted by Crippen LogP contribution is 2.39. The molecule has 0 aromatic heterocycles. The number of nitro groups is 1. The molecule has 1 aromatic carbocycles. The van der Waals surface area contributed by atoms with E-state index in [1.807, 2.05) is 20.8 Å². The summed E-state index contributed by atoms with van der Waals surface area (Å²) in [5.41, 5.74) is -1.84. The monoisotopic (exact) mass is 516 g/mol. The first-order valence-electron chi connectivity index (χ1n) is 10.4. The summed E-state index contributed by atoms with van der Waals surface area (Å²) >= 11 is 1.40. The van der Waals surface area contributed by atoms with Crippen LogP contribution in [0.4, 0.5) is 5.69 Å². The van der Waals surface area contributed by atoms with Crippen LogP contribution in [0.15, 0.2) is 23.1 Å². The molecule has 1 saturated heterocycles. The number of benzene rings is 1. The molecule has 1 aliphatic heterocycles. The molecule has 13 heteroatoms. The minimum atomic E-state index is -4.70. The van der Waals surface area contributed by atoms with Crippen LogP contribution in [0.25, 0.3) is 0 Å². The van der Waals surface area contributed by atoms with Gasteiger partial charge in [0.05, 0.1) is 16.1 Å². The summed E-state index contributed by atoms with van der Waals surface area (Å²) in [6.07, 6.45) is 0.0997. The second-order valence-corrected chi connectivity index (χ2v) is 13.1. The quantitative estimate of drug-likeness (QED) is 0.136. The van der Waals surface area contributed by atoms with Crippen LogP contribution in [-0.4, -0.2) is 56.1 Å². The van der Waals surface area contributed by atoms with Gasteiger partial charge in [-0.15, -0.1) is 11.8 Å². The fourth-order valence-electron chi connectivity index (χ4n) is 3.78. The average Bonchev–Trinajstić information content (AvgIpc) is 2.92. The molecule has 1 aliphatic rings. The predicted octanol–water partition coefficient (Wildman–Crippen LogP) is 3.21. The van der Waals surface area contributed by atoms with Crippen molar-refractivity contribution < 1.29 is 37.0 Å². The van der Waals surface area contributed by atoms with Crippen molar-refractivity contribution in [3.8, 4) is 5.75 Å². The largest absolute Gasteiger partial charge is 0.419 e. The molecule has 0 bridgehead atoms. The minimum absolute atomic E-state index is 0.0348. The molecular formula is C21H28N2O9S2. The maximum absolute atomic E-state index is 12.9. The molecule has 2 unspecified atom stereocenters. The molecular weight excluding hydrogens is 488 g/mol. The number of carbonyl (C=O) groups is 3. The molecule has 0 spiro atoms. The van der Waals surface area contributed by atoms with Crippen molar-refractivity contribution in [3.63, 3.8) is 0 Å². The number of thioether (sulfide) groups is 1. The fraction of sp³-hybridized carbons (Fsp3) is 0.571. The van der Waals surface area contributed by atoms with Crippen LogP contribution in [0.5, 0.6) is 5.75 Å². The van der Waals surface area contributed by atoms with Gasteiger partial charge in [0, 0.05) is 22.8 Å². The topological polar surface area (TPSA) is 161 Å². The van der Waals surface area contributed by atoms with Gasteiger partial charge < -0.3 is 4.74 Å². The molecule has 1 heterocycles. The first-order valence-corrected chi connectivity index (χ1v) is 12.7. The zero-order chi connectivity index (χ0) is 26.2. The average molecular weight is 517 g/mol. The molecule has 11 nitrogen and oxygen atoms in total. The Morgan fingerprint density at radius 2 is 1.88 bits per heavy atom. The molecule has 2 atom stereocenters. The summed E-state index contributed by atoms with van der Waals surface area (Å²) in [5.74, 6) is -2.90. The second kappa shape index (κ2) is 9.62. The summed E-state index contributed by atoms with van der Waals surface area (Å²) in [7, 11) is -4.70. The first kappa shape index (κ1) is 27.7. The van der Waals surface area contributed by atoms with Gasteiger partial charge in [-0.1, -0.05) is 27.7 Å². The molecule has 1 aromatic rings. The van der Waals surface area contributed by atoms with E-state index >= 15 is 0 Å². The second-order valence-electron chi connectivity index (χ2n) is 9.69. The Hall–Kier alpha value is -2.51. The molecule has 0 radical (unpaired) electrons. The number of ether oxygens (including phenoxy) is 1. The summed E-state index contributed by atoms with van der Waals surface area (Å²) in [5, 5.41) is 10.8. The number of carbonyl (C=O) groups excluding carboxylic acids is 3. The number of likely N-dealkylation sites (tertiary alicyclic amines) is 1. The van der Waals surface area contributed by atoms with Gasteiger partial charge in [0.25, 0.3) is 10.1 Å². The summed E-state index contributed by atoms with van der Waals surface area (Å²) in [6.45, 7) is 10.6. The third-order valence-electron chi connectivity index (χ3n) is 5.05. The van der Waals surface area contributed by atoms with Crippen LogP contribution < -0.4 is 4.74 Å². The van der Waals surface area contributed by atoms with E-state index in [1.165, 1.54) is 23.6 Å². The van der Waals surface area contributed by atoms with Gasteiger partial charge in [-0.25, -0.2) is 0 Å². The highest BCUT2D eigenvalue weighted by Gasteiger charge is 2.48. The molecule has 188 valence electrons. The van der Waals surface area contributed by atoms with E-state index in [-0.39, 0.29) is 29.4 Å². The number of rotatable bonds is 8. The van der Waals surface area contributed by atoms with Crippen molar-refractivity contribution >= 4 is 45.4 Å². The van der Waals surface area contributed by atoms with Gasteiger partial charge in [0.1, 0.15) is 4.90 Å². The predicted molar refractivity (Wildman–Crippen MR) is 124 cm³/mol. The zero-order valence-corrected chi connectivity index (χ0v) is 21.4. The molecule has 1 fully saturated rings. The van der Waals surface area contributed by atoms with Crippen molar-refractivity contribution in [1.29, 1.82) is 0 Å². The Labute approximate surface area is 202 Å². The van der Waals surface area contributed by atoms with Crippen LogP contribution in [0.1, 0.15) is 54.4 Å². The maximum Gasteiger partial charge on any atom is 0.314 e. The van der Waals surface area contributed by atoms with Gasteiger partial charge >= 0.3 is 11.7 Å². The molecule has 0 aliphatic carbocycles. The van der Waals surface area contributed by atoms with E-state index in [0.29, 0.717) is 6.07 Å². The van der Waals surface area contributed by atoms with E-state index in [4.69, 9.17) is 9.29 Å². The van der Waals surface area contributed by atoms with Crippen LogP contribution in [0.3, 0.4) is 0 Å². The van der Waals surface area contributed by atoms with Crippen LogP contribution in [0, 0.1) is 16.0 Å². The number of amides is 2. The Balaban J connectivity index is 2.19. The van der Waals surface area contributed by atoms with Gasteiger partial charge in [0.15, 0.2) is 0 Å². The van der Waals surface area contributed by atoms with Crippen LogP contribution >= 0.6 is 11.8 Å². The van der Waals surface area contributed by atoms with Crippen molar-refractivity contribution in [2.75, 3.05) is 0 Å². The summed E-state index contributed by atoms with van der Waals surface area (Å²) in [6, 6.07) is 2.36. The van der Waals surface area contributed by atoms with E-state index in [9.17, 15) is 32.9 Å². The highest BCUT2D eigenvalue weighted by atomic mass is 32.2. The van der Waals surface area contributed by atoms with Crippen molar-refractivity contribution in [3.05, 3.63) is 28.3 Å². The van der Waals surface area contributed by atoms with Gasteiger partial charge in [-0.2, -0.15) is 8.42 Å². The fourth-order valence-corrected chi connectivity index (χ4v) is 5.56. The SMILES string of the molecule is CC(CC(C)(C)N1C(=O)CC(SC(C)(C)C)C1=O)C(=O)Oc1ccc(S(=O)(=O)O)cc1[N+](=O)[O-]. The summed E-state index contributed by atoms with van der Waals surface area (Å²) in [4.78, 5) is 49.1. The lowest BCUT2D eigenvalue weighted by Gasteiger charge is -2.36. The normalized spacial score (nSPS) is 18.2. The molecule has 34 heavy (non-hydrogen) atoms. The Morgan fingerprint density at radius 3 is 2.38 bits per heavy atom. The third kappa shape index (κ3) is 6.54. The zero-order valence-electron chi connectivity index (χ0n) is 19.7. The lowest BCUT2D eigenvalue weighted by Crippen LogP contribution is -2.50. The van der Waals surface area contributed by atoms with Gasteiger partial charge in [0.2, 0.25) is 17.6 Å². The first-order chi connectivity index (χ1) is 15.3. The number of hydrogen-bond acceptors (Lipinski definition) is 9. The lowest BCUT2D eigenvalue weighted by atomic mass is 9.90. The lowest BCUT2D eigenvalue weighted by molar-refractivity contribution is -0.385. The van der Waals surface area contributed by atoms with E-state index in [0.717, 1.165) is 12.1 Å². The number of esters is 1. The standard InChI is InChI=1S/C21H28N2O9S2/c1-12(11-21(5,6)22-17(24)10-16(18(22)25)33-20(2,3)4)19(26)32-15-8-7-13(34(29,30)31)9-14(15)23(27)28/h7-9,12,16H,10-11H2,1-6H3,(H,29,30,31). The Bertz CT molecular complexity index is 1120. The Kier molecular flexibility index (Phi) is 7.85. The van der Waals surface area contributed by atoms with Gasteiger partial charge in [-0.05, 0) is 32.4 Å².